The van der Waals surface area contributed by atoms with Crippen molar-refractivity contribution in [2.75, 3.05) is 5.32 Å². The van der Waals surface area contributed by atoms with Crippen LogP contribution < -0.4 is 11.1 Å². The highest BCUT2D eigenvalue weighted by Gasteiger charge is 2.27. The lowest BCUT2D eigenvalue weighted by atomic mass is 9.87. The van der Waals surface area contributed by atoms with Crippen molar-refractivity contribution in [3.05, 3.63) is 28.8 Å². The molecule has 0 saturated heterocycles. The molecule has 1 atom stereocenters. The highest BCUT2D eigenvalue weighted by Crippen LogP contribution is 2.22. The molecule has 0 unspecified atom stereocenters. The lowest BCUT2D eigenvalue weighted by Crippen LogP contribution is -2.45. The first kappa shape index (κ1) is 15.5. The predicted molar refractivity (Wildman–Crippen MR) is 74.5 cm³/mol. The third kappa shape index (κ3) is 3.94. The molecular weight excluding hydrogens is 268 g/mol. The first-order valence-corrected chi connectivity index (χ1v) is 6.10. The zero-order valence-corrected chi connectivity index (χ0v) is 11.8. The molecular formula is C13H17ClN2O3. The SMILES string of the molecule is CC(C)(C)[C@H](N)C(=O)Nc1ccc(Cl)c(C(=O)O)c1. The maximum Gasteiger partial charge on any atom is 0.337 e. The van der Waals surface area contributed by atoms with E-state index in [4.69, 9.17) is 22.4 Å². The fraction of sp³-hybridized carbons (Fsp3) is 0.385. The van der Waals surface area contributed by atoms with E-state index in [0.29, 0.717) is 5.69 Å². The highest BCUT2D eigenvalue weighted by atomic mass is 35.5. The maximum atomic E-state index is 11.9. The molecule has 0 aliphatic carbocycles. The van der Waals surface area contributed by atoms with E-state index >= 15 is 0 Å². The van der Waals surface area contributed by atoms with Gasteiger partial charge in [-0.3, -0.25) is 4.79 Å². The van der Waals surface area contributed by atoms with Crippen molar-refractivity contribution in [2.45, 2.75) is 26.8 Å². The molecule has 4 N–H and O–H groups in total. The quantitative estimate of drug-likeness (QED) is 0.794. The lowest BCUT2D eigenvalue weighted by molar-refractivity contribution is -0.119. The van der Waals surface area contributed by atoms with E-state index in [1.165, 1.54) is 18.2 Å². The monoisotopic (exact) mass is 284 g/mol. The van der Waals surface area contributed by atoms with Gasteiger partial charge in [-0.1, -0.05) is 32.4 Å². The van der Waals surface area contributed by atoms with E-state index in [2.05, 4.69) is 5.32 Å². The number of benzene rings is 1. The number of anilines is 1. The summed E-state index contributed by atoms with van der Waals surface area (Å²) in [5.74, 6) is -1.52. The van der Waals surface area contributed by atoms with Crippen molar-refractivity contribution >= 4 is 29.2 Å². The second-order valence-corrected chi connectivity index (χ2v) is 5.74. The van der Waals surface area contributed by atoms with E-state index in [1.807, 2.05) is 20.8 Å². The minimum Gasteiger partial charge on any atom is -0.478 e. The second kappa shape index (κ2) is 5.59. The van der Waals surface area contributed by atoms with Gasteiger partial charge in [-0.05, 0) is 23.6 Å². The second-order valence-electron chi connectivity index (χ2n) is 5.33. The minimum absolute atomic E-state index is 0.0659. The molecule has 0 spiro atoms. The Morgan fingerprint density at radius 3 is 2.42 bits per heavy atom. The molecule has 19 heavy (non-hydrogen) atoms. The fourth-order valence-corrected chi connectivity index (χ4v) is 1.58. The standard InChI is InChI=1S/C13H17ClN2O3/c1-13(2,3)10(15)11(17)16-7-4-5-9(14)8(6-7)12(18)19/h4-6,10H,15H2,1-3H3,(H,16,17)(H,18,19)/t10-/m1/s1. The molecule has 104 valence electrons. The number of carbonyl (C=O) groups excluding carboxylic acids is 1. The molecule has 0 aliphatic heterocycles. The number of hydrogen-bond acceptors (Lipinski definition) is 3. The Kier molecular flexibility index (Phi) is 4.55. The Balaban J connectivity index is 2.92. The zero-order chi connectivity index (χ0) is 14.8. The number of carboxylic acids is 1. The number of rotatable bonds is 3. The van der Waals surface area contributed by atoms with Gasteiger partial charge in [0.2, 0.25) is 5.91 Å². The van der Waals surface area contributed by atoms with Crippen LogP contribution in [0.2, 0.25) is 5.02 Å². The Hall–Kier alpha value is -1.59. The van der Waals surface area contributed by atoms with Crippen LogP contribution in [0.15, 0.2) is 18.2 Å². The summed E-state index contributed by atoms with van der Waals surface area (Å²) >= 11 is 5.74. The van der Waals surface area contributed by atoms with Crippen LogP contribution in [-0.2, 0) is 4.79 Å². The third-order valence-electron chi connectivity index (χ3n) is 2.68. The maximum absolute atomic E-state index is 11.9. The number of amides is 1. The van der Waals surface area contributed by atoms with E-state index in [9.17, 15) is 9.59 Å². The van der Waals surface area contributed by atoms with Gasteiger partial charge in [0.05, 0.1) is 16.6 Å². The average molecular weight is 285 g/mol. The van der Waals surface area contributed by atoms with Crippen LogP contribution in [0.25, 0.3) is 0 Å². The summed E-state index contributed by atoms with van der Waals surface area (Å²) in [6.07, 6.45) is 0. The summed E-state index contributed by atoms with van der Waals surface area (Å²) in [6, 6.07) is 3.56. The van der Waals surface area contributed by atoms with Crippen molar-refractivity contribution in [1.29, 1.82) is 0 Å². The van der Waals surface area contributed by atoms with Crippen LogP contribution in [-0.4, -0.2) is 23.0 Å². The third-order valence-corrected chi connectivity index (χ3v) is 3.01. The Labute approximate surface area is 116 Å². The topological polar surface area (TPSA) is 92.4 Å². The average Bonchev–Trinajstić information content (AvgIpc) is 2.29. The molecule has 0 aromatic heterocycles. The first-order valence-electron chi connectivity index (χ1n) is 5.72. The molecule has 0 fully saturated rings. The Bertz CT molecular complexity index is 509. The number of nitrogens with two attached hydrogens (primary N) is 1. The van der Waals surface area contributed by atoms with Gasteiger partial charge in [0, 0.05) is 5.69 Å². The molecule has 0 saturated carbocycles. The summed E-state index contributed by atoms with van der Waals surface area (Å²) in [7, 11) is 0. The largest absolute Gasteiger partial charge is 0.478 e. The van der Waals surface area contributed by atoms with Crippen molar-refractivity contribution in [3.63, 3.8) is 0 Å². The minimum atomic E-state index is -1.15. The van der Waals surface area contributed by atoms with Crippen LogP contribution >= 0.6 is 11.6 Å². The van der Waals surface area contributed by atoms with Gasteiger partial charge in [-0.25, -0.2) is 4.79 Å². The van der Waals surface area contributed by atoms with Gasteiger partial charge in [0.25, 0.3) is 0 Å². The van der Waals surface area contributed by atoms with Gasteiger partial charge < -0.3 is 16.2 Å². The van der Waals surface area contributed by atoms with Crippen molar-refractivity contribution in [2.24, 2.45) is 11.1 Å². The zero-order valence-electron chi connectivity index (χ0n) is 11.0. The highest BCUT2D eigenvalue weighted by molar-refractivity contribution is 6.33. The van der Waals surface area contributed by atoms with Crippen LogP contribution in [0, 0.1) is 5.41 Å². The number of aromatic carboxylic acids is 1. The molecule has 1 rings (SSSR count). The summed E-state index contributed by atoms with van der Waals surface area (Å²) in [5.41, 5.74) is 5.72. The van der Waals surface area contributed by atoms with E-state index in [1.54, 1.807) is 0 Å². The van der Waals surface area contributed by atoms with E-state index in [0.717, 1.165) is 0 Å². The Morgan fingerprint density at radius 2 is 1.95 bits per heavy atom. The molecule has 1 aromatic carbocycles. The normalized spacial score (nSPS) is 12.9. The molecule has 1 amide bonds. The molecule has 5 nitrogen and oxygen atoms in total. The van der Waals surface area contributed by atoms with E-state index < -0.39 is 12.0 Å². The van der Waals surface area contributed by atoms with Crippen molar-refractivity contribution in [3.8, 4) is 0 Å². The van der Waals surface area contributed by atoms with Crippen molar-refractivity contribution in [1.82, 2.24) is 0 Å². The first-order chi connectivity index (χ1) is 8.62. The summed E-state index contributed by atoms with van der Waals surface area (Å²) < 4.78 is 0. The molecule has 0 aliphatic rings. The fourth-order valence-electron chi connectivity index (χ4n) is 1.38. The molecule has 6 heteroatoms. The number of carboxylic acid groups (broad SMARTS) is 1. The van der Waals surface area contributed by atoms with E-state index in [-0.39, 0.29) is 21.9 Å². The summed E-state index contributed by atoms with van der Waals surface area (Å²) in [5, 5.41) is 11.6. The number of halogens is 1. The van der Waals surface area contributed by atoms with Crippen LogP contribution in [0.3, 0.4) is 0 Å². The summed E-state index contributed by atoms with van der Waals surface area (Å²) in [4.78, 5) is 22.8. The molecule has 0 bridgehead atoms. The van der Waals surface area contributed by atoms with Gasteiger partial charge in [0.1, 0.15) is 0 Å². The smallest absolute Gasteiger partial charge is 0.337 e. The van der Waals surface area contributed by atoms with Crippen molar-refractivity contribution < 1.29 is 14.7 Å². The van der Waals surface area contributed by atoms with Gasteiger partial charge in [-0.15, -0.1) is 0 Å². The van der Waals surface area contributed by atoms with Crippen LogP contribution in [0.1, 0.15) is 31.1 Å². The van der Waals surface area contributed by atoms with Crippen LogP contribution in [0.4, 0.5) is 5.69 Å². The van der Waals surface area contributed by atoms with Crippen LogP contribution in [0.5, 0.6) is 0 Å². The lowest BCUT2D eigenvalue weighted by Gasteiger charge is -2.25. The molecule has 1 aromatic rings. The van der Waals surface area contributed by atoms with Gasteiger partial charge in [0.15, 0.2) is 0 Å². The number of nitrogens with one attached hydrogen (secondary N) is 1. The molecule has 0 radical (unpaired) electrons. The summed E-state index contributed by atoms with van der Waals surface area (Å²) in [6.45, 7) is 5.55. The molecule has 0 heterocycles. The van der Waals surface area contributed by atoms with Gasteiger partial charge in [-0.2, -0.15) is 0 Å². The number of hydrogen-bond donors (Lipinski definition) is 3. The van der Waals surface area contributed by atoms with Gasteiger partial charge >= 0.3 is 5.97 Å². The Morgan fingerprint density at radius 1 is 1.37 bits per heavy atom. The predicted octanol–water partition coefficient (Wildman–Crippen LogP) is 2.35. The number of carbonyl (C=O) groups is 2.